The molecule has 1 fully saturated rings. The number of carbonyl (C=O) groups is 1. The van der Waals surface area contributed by atoms with Crippen molar-refractivity contribution in [3.8, 4) is 11.5 Å². The third kappa shape index (κ3) is 4.33. The maximum absolute atomic E-state index is 12.8. The average molecular weight is 369 g/mol. The number of carbonyl (C=O) groups excluding carboxylic acids is 1. The molecule has 1 aliphatic carbocycles. The lowest BCUT2D eigenvalue weighted by Crippen LogP contribution is -2.33. The zero-order valence-corrected chi connectivity index (χ0v) is 15.5. The second-order valence-corrected chi connectivity index (χ2v) is 7.73. The summed E-state index contributed by atoms with van der Waals surface area (Å²) in [5, 5.41) is 0. The first kappa shape index (κ1) is 17.3. The second-order valence-electron chi connectivity index (χ2n) is 6.69. The average Bonchev–Trinajstić information content (AvgIpc) is 3.51. The first-order chi connectivity index (χ1) is 12.8. The number of nitrogens with zero attached hydrogens (tertiary/aromatic N) is 1. The van der Waals surface area contributed by atoms with Crippen molar-refractivity contribution >= 4 is 17.7 Å². The highest BCUT2D eigenvalue weighted by atomic mass is 32.2. The van der Waals surface area contributed by atoms with E-state index in [1.165, 1.54) is 5.56 Å². The lowest BCUT2D eigenvalue weighted by Gasteiger charge is -2.22. The SMILES string of the molecule is O=C(CSc1ccc2c(c1)OCCCO2)N(Cc1ccccc1)C1CC1. The van der Waals surface area contributed by atoms with Crippen LogP contribution in [0.3, 0.4) is 0 Å². The fraction of sp³-hybridized carbons (Fsp3) is 0.381. The van der Waals surface area contributed by atoms with Crippen LogP contribution in [0.2, 0.25) is 0 Å². The van der Waals surface area contributed by atoms with E-state index < -0.39 is 0 Å². The Bertz CT molecular complexity index is 761. The molecule has 2 aromatic carbocycles. The van der Waals surface area contributed by atoms with Gasteiger partial charge in [-0.05, 0) is 36.6 Å². The summed E-state index contributed by atoms with van der Waals surface area (Å²) in [6.45, 7) is 2.06. The summed E-state index contributed by atoms with van der Waals surface area (Å²) in [4.78, 5) is 15.9. The van der Waals surface area contributed by atoms with Gasteiger partial charge in [0.1, 0.15) is 0 Å². The number of thioether (sulfide) groups is 1. The minimum Gasteiger partial charge on any atom is -0.490 e. The number of hydrogen-bond donors (Lipinski definition) is 0. The number of rotatable bonds is 6. The van der Waals surface area contributed by atoms with Crippen molar-refractivity contribution in [2.45, 2.75) is 36.7 Å². The molecule has 136 valence electrons. The third-order valence-corrected chi connectivity index (χ3v) is 5.56. The maximum atomic E-state index is 12.8. The zero-order valence-electron chi connectivity index (χ0n) is 14.7. The van der Waals surface area contributed by atoms with Crippen molar-refractivity contribution in [1.82, 2.24) is 4.90 Å². The molecular weight excluding hydrogens is 346 g/mol. The largest absolute Gasteiger partial charge is 0.490 e. The normalized spacial score (nSPS) is 16.0. The van der Waals surface area contributed by atoms with Gasteiger partial charge in [-0.1, -0.05) is 30.3 Å². The van der Waals surface area contributed by atoms with E-state index in [-0.39, 0.29) is 5.91 Å². The zero-order chi connectivity index (χ0) is 17.8. The topological polar surface area (TPSA) is 38.8 Å². The van der Waals surface area contributed by atoms with E-state index in [0.717, 1.165) is 35.7 Å². The first-order valence-corrected chi connectivity index (χ1v) is 10.1. The van der Waals surface area contributed by atoms with Crippen molar-refractivity contribution in [1.29, 1.82) is 0 Å². The lowest BCUT2D eigenvalue weighted by molar-refractivity contribution is -0.129. The van der Waals surface area contributed by atoms with Gasteiger partial charge < -0.3 is 14.4 Å². The van der Waals surface area contributed by atoms with Crippen molar-refractivity contribution < 1.29 is 14.3 Å². The van der Waals surface area contributed by atoms with Gasteiger partial charge in [0.05, 0.1) is 19.0 Å². The van der Waals surface area contributed by atoms with E-state index >= 15 is 0 Å². The van der Waals surface area contributed by atoms with Gasteiger partial charge in [-0.2, -0.15) is 0 Å². The smallest absolute Gasteiger partial charge is 0.233 e. The molecule has 5 heteroatoms. The molecule has 4 nitrogen and oxygen atoms in total. The highest BCUT2D eigenvalue weighted by Gasteiger charge is 2.32. The number of amides is 1. The number of hydrogen-bond acceptors (Lipinski definition) is 4. The molecule has 2 aliphatic rings. The molecule has 0 saturated heterocycles. The Hall–Kier alpha value is -2.14. The van der Waals surface area contributed by atoms with Gasteiger partial charge in [0.2, 0.25) is 5.91 Å². The molecule has 2 aromatic rings. The van der Waals surface area contributed by atoms with E-state index in [4.69, 9.17) is 9.47 Å². The molecular formula is C21H23NO3S. The van der Waals surface area contributed by atoms with Gasteiger partial charge >= 0.3 is 0 Å². The van der Waals surface area contributed by atoms with Crippen molar-refractivity contribution in [2.24, 2.45) is 0 Å². The summed E-state index contributed by atoms with van der Waals surface area (Å²) in [7, 11) is 0. The maximum Gasteiger partial charge on any atom is 0.233 e. The minimum absolute atomic E-state index is 0.202. The van der Waals surface area contributed by atoms with Crippen molar-refractivity contribution in [3.05, 3.63) is 54.1 Å². The van der Waals surface area contributed by atoms with Crippen LogP contribution in [-0.2, 0) is 11.3 Å². The molecule has 0 atom stereocenters. The van der Waals surface area contributed by atoms with Crippen LogP contribution in [-0.4, -0.2) is 35.8 Å². The fourth-order valence-corrected chi connectivity index (χ4v) is 3.86. The molecule has 0 bridgehead atoms. The molecule has 1 amide bonds. The molecule has 1 heterocycles. The Kier molecular flexibility index (Phi) is 5.34. The summed E-state index contributed by atoms with van der Waals surface area (Å²) >= 11 is 1.57. The molecule has 0 spiro atoms. The predicted molar refractivity (Wildman–Crippen MR) is 103 cm³/mol. The van der Waals surface area contributed by atoms with E-state index in [1.807, 2.05) is 41.3 Å². The van der Waals surface area contributed by atoms with E-state index in [2.05, 4.69) is 12.1 Å². The molecule has 4 rings (SSSR count). The van der Waals surface area contributed by atoms with Gasteiger partial charge in [-0.25, -0.2) is 0 Å². The lowest BCUT2D eigenvalue weighted by atomic mass is 10.2. The molecule has 1 saturated carbocycles. The predicted octanol–water partition coefficient (Wildman–Crippen LogP) is 4.13. The first-order valence-electron chi connectivity index (χ1n) is 9.15. The Morgan fingerprint density at radius 1 is 1.04 bits per heavy atom. The van der Waals surface area contributed by atoms with Gasteiger partial charge in [0.15, 0.2) is 11.5 Å². The Labute approximate surface area is 158 Å². The molecule has 1 aliphatic heterocycles. The van der Waals surface area contributed by atoms with E-state index in [9.17, 15) is 4.79 Å². The number of benzene rings is 2. The van der Waals surface area contributed by atoms with Crippen LogP contribution in [0.25, 0.3) is 0 Å². The number of ether oxygens (including phenoxy) is 2. The summed E-state index contributed by atoms with van der Waals surface area (Å²) < 4.78 is 11.4. The number of fused-ring (bicyclic) bond motifs is 1. The fourth-order valence-electron chi connectivity index (χ4n) is 3.05. The second kappa shape index (κ2) is 8.04. The van der Waals surface area contributed by atoms with Crippen LogP contribution in [0.15, 0.2) is 53.4 Å². The van der Waals surface area contributed by atoms with Gasteiger partial charge in [0.25, 0.3) is 0 Å². The van der Waals surface area contributed by atoms with Crippen LogP contribution in [0.5, 0.6) is 11.5 Å². The summed E-state index contributed by atoms with van der Waals surface area (Å²) in [5.41, 5.74) is 1.19. The van der Waals surface area contributed by atoms with Gasteiger partial charge in [-0.15, -0.1) is 11.8 Å². The quantitative estimate of drug-likeness (QED) is 0.718. The summed E-state index contributed by atoms with van der Waals surface area (Å²) in [5.74, 6) is 2.22. The monoisotopic (exact) mass is 369 g/mol. The highest BCUT2D eigenvalue weighted by Crippen LogP contribution is 2.35. The van der Waals surface area contributed by atoms with Crippen LogP contribution < -0.4 is 9.47 Å². The molecule has 0 N–H and O–H groups in total. The minimum atomic E-state index is 0.202. The molecule has 0 unspecified atom stereocenters. The molecule has 0 radical (unpaired) electrons. The molecule has 0 aromatic heterocycles. The Morgan fingerprint density at radius 2 is 1.81 bits per heavy atom. The van der Waals surface area contributed by atoms with Crippen LogP contribution in [0, 0.1) is 0 Å². The summed E-state index contributed by atoms with van der Waals surface area (Å²) in [6, 6.07) is 16.6. The van der Waals surface area contributed by atoms with E-state index in [0.29, 0.717) is 31.6 Å². The van der Waals surface area contributed by atoms with Gasteiger partial charge in [0, 0.05) is 23.9 Å². The van der Waals surface area contributed by atoms with Gasteiger partial charge in [-0.3, -0.25) is 4.79 Å². The standard InChI is InChI=1S/C21H23NO3S/c23-21(22(17-7-8-17)14-16-5-2-1-3-6-16)15-26-18-9-10-19-20(13-18)25-12-4-11-24-19/h1-3,5-6,9-10,13,17H,4,7-8,11-12,14-15H2. The van der Waals surface area contributed by atoms with Crippen molar-refractivity contribution in [2.75, 3.05) is 19.0 Å². The van der Waals surface area contributed by atoms with Crippen LogP contribution >= 0.6 is 11.8 Å². The third-order valence-electron chi connectivity index (χ3n) is 4.59. The summed E-state index contributed by atoms with van der Waals surface area (Å²) in [6.07, 6.45) is 3.13. The molecule has 26 heavy (non-hydrogen) atoms. The highest BCUT2D eigenvalue weighted by molar-refractivity contribution is 8.00. The Balaban J connectivity index is 1.38. The Morgan fingerprint density at radius 3 is 2.58 bits per heavy atom. The van der Waals surface area contributed by atoms with Crippen molar-refractivity contribution in [3.63, 3.8) is 0 Å². The van der Waals surface area contributed by atoms with Crippen LogP contribution in [0.1, 0.15) is 24.8 Å². The van der Waals surface area contributed by atoms with E-state index in [1.54, 1.807) is 11.8 Å². The van der Waals surface area contributed by atoms with Crippen LogP contribution in [0.4, 0.5) is 0 Å².